The first-order valence-electron chi connectivity index (χ1n) is 5.87. The summed E-state index contributed by atoms with van der Waals surface area (Å²) in [4.78, 5) is 0. The lowest BCUT2D eigenvalue weighted by Gasteiger charge is -2.52. The lowest BCUT2D eigenvalue weighted by molar-refractivity contribution is 0.0706. The Labute approximate surface area is 88.6 Å². The molecule has 1 aliphatic heterocycles. The molecule has 4 atom stereocenters. The van der Waals surface area contributed by atoms with Gasteiger partial charge in [-0.1, -0.05) is 20.8 Å². The van der Waals surface area contributed by atoms with Crippen molar-refractivity contribution in [1.82, 2.24) is 11.1 Å². The van der Waals surface area contributed by atoms with Crippen LogP contribution in [0.15, 0.2) is 0 Å². The largest absolute Gasteiger partial charge is 0.306 e. The van der Waals surface area contributed by atoms with Crippen LogP contribution < -0.4 is 11.1 Å². The third-order valence-electron chi connectivity index (χ3n) is 4.38. The predicted octanol–water partition coefficient (Wildman–Crippen LogP) is 2.60. The van der Waals surface area contributed by atoms with Gasteiger partial charge in [-0.05, 0) is 39.0 Å². The third kappa shape index (κ3) is 1.96. The second-order valence-corrected chi connectivity index (χ2v) is 5.41. The van der Waals surface area contributed by atoms with E-state index in [2.05, 4.69) is 39.9 Å². The summed E-state index contributed by atoms with van der Waals surface area (Å²) in [7, 11) is 0. The summed E-state index contributed by atoms with van der Waals surface area (Å²) >= 11 is 0. The molecule has 2 heteroatoms. The van der Waals surface area contributed by atoms with Crippen molar-refractivity contribution in [2.75, 3.05) is 0 Å². The van der Waals surface area contributed by atoms with Gasteiger partial charge < -0.3 is 5.32 Å². The van der Waals surface area contributed by atoms with Crippen LogP contribution in [-0.4, -0.2) is 17.1 Å². The molecule has 1 fully saturated rings. The molecule has 1 rings (SSSR count). The Morgan fingerprint density at radius 3 is 2.29 bits per heavy atom. The first-order chi connectivity index (χ1) is 6.37. The van der Waals surface area contributed by atoms with E-state index in [0.29, 0.717) is 5.92 Å². The Balaban J connectivity index is 2.87. The van der Waals surface area contributed by atoms with Crippen molar-refractivity contribution in [3.63, 3.8) is 0 Å². The van der Waals surface area contributed by atoms with E-state index in [1.807, 2.05) is 0 Å². The van der Waals surface area contributed by atoms with Gasteiger partial charge in [0.15, 0.2) is 0 Å². The lowest BCUT2D eigenvalue weighted by Crippen LogP contribution is -2.66. The molecule has 0 aromatic rings. The van der Waals surface area contributed by atoms with Crippen LogP contribution in [0.4, 0.5) is 0 Å². The Kier molecular flexibility index (Phi) is 3.27. The molecule has 0 aromatic heterocycles. The molecular weight excluding hydrogens is 172 g/mol. The SMILES string of the molecule is CCC1(C)CC([NH])C(C)C(C)(CC)N1. The van der Waals surface area contributed by atoms with E-state index in [9.17, 15) is 0 Å². The van der Waals surface area contributed by atoms with Gasteiger partial charge in [-0.15, -0.1) is 0 Å². The van der Waals surface area contributed by atoms with Gasteiger partial charge in [0.05, 0.1) is 0 Å². The van der Waals surface area contributed by atoms with Gasteiger partial charge in [0, 0.05) is 17.1 Å². The maximum atomic E-state index is 8.16. The maximum Gasteiger partial charge on any atom is 0.0273 e. The normalized spacial score (nSPS) is 49.3. The van der Waals surface area contributed by atoms with E-state index in [-0.39, 0.29) is 17.1 Å². The summed E-state index contributed by atoms with van der Waals surface area (Å²) in [5.74, 6) is 0.451. The summed E-state index contributed by atoms with van der Waals surface area (Å²) in [6.45, 7) is 11.2. The fourth-order valence-electron chi connectivity index (χ4n) is 2.60. The van der Waals surface area contributed by atoms with Crippen LogP contribution >= 0.6 is 0 Å². The van der Waals surface area contributed by atoms with Crippen molar-refractivity contribution in [3.05, 3.63) is 0 Å². The van der Waals surface area contributed by atoms with Gasteiger partial charge in [-0.25, -0.2) is 0 Å². The predicted molar refractivity (Wildman–Crippen MR) is 61.2 cm³/mol. The van der Waals surface area contributed by atoms with Gasteiger partial charge in [-0.2, -0.15) is 0 Å². The highest BCUT2D eigenvalue weighted by molar-refractivity contribution is 5.05. The van der Waals surface area contributed by atoms with Crippen LogP contribution in [0.2, 0.25) is 0 Å². The fourth-order valence-corrected chi connectivity index (χ4v) is 2.60. The number of hydrogen-bond acceptors (Lipinski definition) is 1. The zero-order chi connectivity index (χ0) is 11.0. The van der Waals surface area contributed by atoms with E-state index in [0.717, 1.165) is 19.3 Å². The summed E-state index contributed by atoms with van der Waals surface area (Å²) in [6.07, 6.45) is 3.21. The fraction of sp³-hybridized carbons (Fsp3) is 1.00. The lowest BCUT2D eigenvalue weighted by atomic mass is 9.69. The molecule has 0 saturated carbocycles. The maximum absolute atomic E-state index is 8.16. The highest BCUT2D eigenvalue weighted by Crippen LogP contribution is 2.36. The molecule has 0 aliphatic carbocycles. The molecule has 0 amide bonds. The minimum atomic E-state index is 0.0890. The van der Waals surface area contributed by atoms with Crippen molar-refractivity contribution >= 4 is 0 Å². The van der Waals surface area contributed by atoms with E-state index in [1.165, 1.54) is 0 Å². The second kappa shape index (κ2) is 3.82. The minimum absolute atomic E-state index is 0.0890. The summed E-state index contributed by atoms with van der Waals surface area (Å²) in [5.41, 5.74) is 8.47. The number of hydrogen-bond donors (Lipinski definition) is 1. The first kappa shape index (κ1) is 12.0. The van der Waals surface area contributed by atoms with Gasteiger partial charge >= 0.3 is 0 Å². The van der Waals surface area contributed by atoms with E-state index >= 15 is 0 Å². The van der Waals surface area contributed by atoms with Crippen LogP contribution in [0.25, 0.3) is 0 Å². The standard InChI is InChI=1S/C12H25N2/c1-6-11(4)8-10(13)9(3)12(5,7-2)14-11/h9-10,13-14H,6-8H2,1-5H3. The Morgan fingerprint density at radius 2 is 1.86 bits per heavy atom. The van der Waals surface area contributed by atoms with Crippen LogP contribution in [0.3, 0.4) is 0 Å². The second-order valence-electron chi connectivity index (χ2n) is 5.41. The van der Waals surface area contributed by atoms with Crippen LogP contribution in [0.5, 0.6) is 0 Å². The van der Waals surface area contributed by atoms with E-state index in [1.54, 1.807) is 0 Å². The summed E-state index contributed by atoms with van der Waals surface area (Å²) < 4.78 is 0. The molecular formula is C12H25N2. The highest BCUT2D eigenvalue weighted by Gasteiger charge is 2.44. The van der Waals surface area contributed by atoms with Gasteiger partial charge in [0.25, 0.3) is 0 Å². The molecule has 1 aliphatic rings. The van der Waals surface area contributed by atoms with Gasteiger partial charge in [-0.3, -0.25) is 5.73 Å². The van der Waals surface area contributed by atoms with Crippen molar-refractivity contribution in [1.29, 1.82) is 0 Å². The van der Waals surface area contributed by atoms with E-state index in [4.69, 9.17) is 5.73 Å². The quantitative estimate of drug-likeness (QED) is 0.725. The Hall–Kier alpha value is -0.0800. The number of rotatable bonds is 2. The van der Waals surface area contributed by atoms with Gasteiger partial charge in [0.1, 0.15) is 0 Å². The monoisotopic (exact) mass is 197 g/mol. The summed E-state index contributed by atoms with van der Waals surface area (Å²) in [6, 6.07) is 0.0890. The van der Waals surface area contributed by atoms with Gasteiger partial charge in [0.2, 0.25) is 0 Å². The zero-order valence-electron chi connectivity index (χ0n) is 10.3. The zero-order valence-corrected chi connectivity index (χ0v) is 10.3. The molecule has 2 nitrogen and oxygen atoms in total. The molecule has 0 spiro atoms. The number of piperidine rings is 1. The molecule has 0 aromatic carbocycles. The Bertz CT molecular complexity index is 204. The number of nitrogens with one attached hydrogen (secondary N) is 2. The van der Waals surface area contributed by atoms with E-state index < -0.39 is 0 Å². The average Bonchev–Trinajstić information content (AvgIpc) is 2.14. The topological polar surface area (TPSA) is 35.8 Å². The molecule has 4 unspecified atom stereocenters. The smallest absolute Gasteiger partial charge is 0.0273 e. The molecule has 1 heterocycles. The van der Waals surface area contributed by atoms with Crippen molar-refractivity contribution in [2.24, 2.45) is 5.92 Å². The Morgan fingerprint density at radius 1 is 1.29 bits per heavy atom. The minimum Gasteiger partial charge on any atom is -0.306 e. The third-order valence-corrected chi connectivity index (χ3v) is 4.38. The highest BCUT2D eigenvalue weighted by atomic mass is 15.1. The molecule has 14 heavy (non-hydrogen) atoms. The average molecular weight is 197 g/mol. The summed E-state index contributed by atoms with van der Waals surface area (Å²) in [5, 5.41) is 3.77. The molecule has 1 saturated heterocycles. The molecule has 83 valence electrons. The van der Waals surface area contributed by atoms with Crippen molar-refractivity contribution in [2.45, 2.75) is 71.0 Å². The molecule has 2 N–H and O–H groups in total. The molecule has 1 radical (unpaired) electrons. The van der Waals surface area contributed by atoms with Crippen LogP contribution in [0.1, 0.15) is 53.9 Å². The van der Waals surface area contributed by atoms with Crippen molar-refractivity contribution in [3.8, 4) is 0 Å². The van der Waals surface area contributed by atoms with Crippen LogP contribution in [0, 0.1) is 5.92 Å². The van der Waals surface area contributed by atoms with Crippen molar-refractivity contribution < 1.29 is 0 Å². The van der Waals surface area contributed by atoms with Crippen LogP contribution in [-0.2, 0) is 0 Å². The first-order valence-corrected chi connectivity index (χ1v) is 5.87. The molecule has 0 bridgehead atoms.